The van der Waals surface area contributed by atoms with Crippen LogP contribution in [-0.2, 0) is 0 Å². The third-order valence-corrected chi connectivity index (χ3v) is 5.46. The highest BCUT2D eigenvalue weighted by molar-refractivity contribution is 8.00. The number of benzene rings is 2. The number of thioether (sulfide) groups is 1. The average molecular weight is 393 g/mol. The molecule has 140 valence electrons. The Morgan fingerprint density at radius 3 is 2.93 bits per heavy atom. The van der Waals surface area contributed by atoms with Crippen LogP contribution in [0.3, 0.4) is 0 Å². The van der Waals surface area contributed by atoms with E-state index in [1.165, 1.54) is 11.8 Å². The van der Waals surface area contributed by atoms with Crippen LogP contribution in [0.1, 0.15) is 17.3 Å². The molecule has 3 heterocycles. The third-order valence-electron chi connectivity index (χ3n) is 4.53. The minimum atomic E-state index is -0.371. The van der Waals surface area contributed by atoms with Crippen LogP contribution in [-0.4, -0.2) is 33.0 Å². The lowest BCUT2D eigenvalue weighted by atomic mass is 10.1. The van der Waals surface area contributed by atoms with E-state index in [9.17, 15) is 4.79 Å². The van der Waals surface area contributed by atoms with Crippen LogP contribution >= 0.6 is 11.8 Å². The Morgan fingerprint density at radius 2 is 2.00 bits per heavy atom. The van der Waals surface area contributed by atoms with Gasteiger partial charge in [-0.25, -0.2) is 0 Å². The second-order valence-corrected chi connectivity index (χ2v) is 7.61. The van der Waals surface area contributed by atoms with Crippen LogP contribution in [0.4, 0.5) is 0 Å². The van der Waals surface area contributed by atoms with Crippen molar-refractivity contribution in [3.05, 3.63) is 54.2 Å². The molecular weight excluding hydrogens is 378 g/mol. The molecule has 28 heavy (non-hydrogen) atoms. The van der Waals surface area contributed by atoms with Crippen molar-refractivity contribution >= 4 is 28.4 Å². The van der Waals surface area contributed by atoms with Crippen LogP contribution in [0.15, 0.2) is 58.3 Å². The molecule has 0 saturated carbocycles. The van der Waals surface area contributed by atoms with E-state index in [0.717, 1.165) is 16.5 Å². The van der Waals surface area contributed by atoms with Gasteiger partial charge in [-0.2, -0.15) is 0 Å². The predicted octanol–water partition coefficient (Wildman–Crippen LogP) is 4.31. The summed E-state index contributed by atoms with van der Waals surface area (Å²) in [5, 5.41) is 9.03. The third kappa shape index (κ3) is 2.91. The number of ketones is 1. The van der Waals surface area contributed by atoms with Crippen molar-refractivity contribution in [2.24, 2.45) is 0 Å². The van der Waals surface area contributed by atoms with Crippen molar-refractivity contribution in [2.75, 3.05) is 6.79 Å². The Balaban J connectivity index is 1.34. The Hall–Kier alpha value is -3.26. The molecule has 1 atom stereocenters. The summed E-state index contributed by atoms with van der Waals surface area (Å²) >= 11 is 1.24. The number of rotatable bonds is 5. The zero-order chi connectivity index (χ0) is 19.1. The van der Waals surface area contributed by atoms with Crippen molar-refractivity contribution in [1.29, 1.82) is 0 Å². The van der Waals surface area contributed by atoms with E-state index in [1.54, 1.807) is 18.3 Å². The normalized spacial score (nSPS) is 13.8. The molecule has 1 aliphatic rings. The number of fused-ring (bicyclic) bond motifs is 2. The maximum Gasteiger partial charge on any atom is 0.277 e. The van der Waals surface area contributed by atoms with E-state index in [-0.39, 0.29) is 17.8 Å². The minimum Gasteiger partial charge on any atom is -0.454 e. The fourth-order valence-electron chi connectivity index (χ4n) is 3.10. The lowest BCUT2D eigenvalue weighted by Gasteiger charge is -2.06. The first-order valence-corrected chi connectivity index (χ1v) is 9.57. The van der Waals surface area contributed by atoms with Gasteiger partial charge < -0.3 is 18.9 Å². The lowest BCUT2D eigenvalue weighted by Crippen LogP contribution is -2.13. The molecule has 2 aromatic carbocycles. The van der Waals surface area contributed by atoms with Crippen LogP contribution < -0.4 is 9.47 Å². The maximum atomic E-state index is 12.9. The molecule has 0 amide bonds. The molecule has 5 rings (SSSR count). The van der Waals surface area contributed by atoms with E-state index in [4.69, 9.17) is 13.9 Å². The van der Waals surface area contributed by atoms with Crippen LogP contribution in [0.2, 0.25) is 0 Å². The summed E-state index contributed by atoms with van der Waals surface area (Å²) in [6, 6.07) is 13.2. The van der Waals surface area contributed by atoms with Gasteiger partial charge in [-0.1, -0.05) is 30.0 Å². The molecule has 4 aromatic rings. The first kappa shape index (κ1) is 16.9. The number of aromatic nitrogens is 3. The highest BCUT2D eigenvalue weighted by Crippen LogP contribution is 2.36. The van der Waals surface area contributed by atoms with Crippen molar-refractivity contribution in [1.82, 2.24) is 15.2 Å². The summed E-state index contributed by atoms with van der Waals surface area (Å²) in [4.78, 5) is 16.0. The second-order valence-electron chi connectivity index (χ2n) is 6.31. The van der Waals surface area contributed by atoms with Crippen molar-refractivity contribution in [3.8, 4) is 23.0 Å². The Kier molecular flexibility index (Phi) is 4.05. The number of nitrogens with zero attached hydrogens (tertiary/aromatic N) is 2. The van der Waals surface area contributed by atoms with E-state index >= 15 is 0 Å². The molecule has 7 nitrogen and oxygen atoms in total. The molecule has 0 fully saturated rings. The number of carbonyl (C=O) groups is 1. The fourth-order valence-corrected chi connectivity index (χ4v) is 3.85. The molecule has 0 radical (unpaired) electrons. The van der Waals surface area contributed by atoms with Crippen molar-refractivity contribution in [3.63, 3.8) is 0 Å². The van der Waals surface area contributed by atoms with Gasteiger partial charge in [0.15, 0.2) is 17.3 Å². The van der Waals surface area contributed by atoms with Gasteiger partial charge in [-0.3, -0.25) is 4.79 Å². The summed E-state index contributed by atoms with van der Waals surface area (Å²) in [6.45, 7) is 2.04. The number of aromatic amines is 1. The quantitative estimate of drug-likeness (QED) is 0.399. The van der Waals surface area contributed by atoms with E-state index in [2.05, 4.69) is 15.2 Å². The van der Waals surface area contributed by atoms with Gasteiger partial charge in [-0.15, -0.1) is 10.2 Å². The van der Waals surface area contributed by atoms with Crippen LogP contribution in [0.25, 0.3) is 22.4 Å². The SMILES string of the molecule is CC(Sc1nnc(-c2ccc3c(c2)OCO3)o1)C(=O)c1c[nH]c2ccccc12. The van der Waals surface area contributed by atoms with E-state index in [0.29, 0.717) is 28.2 Å². The number of H-pyrrole nitrogens is 1. The van der Waals surface area contributed by atoms with Gasteiger partial charge in [0.25, 0.3) is 5.22 Å². The number of para-hydroxylation sites is 1. The number of Topliss-reactive ketones (excluding diaryl/α,β-unsaturated/α-hetero) is 1. The minimum absolute atomic E-state index is 0.00489. The largest absolute Gasteiger partial charge is 0.454 e. The molecule has 0 spiro atoms. The van der Waals surface area contributed by atoms with Gasteiger partial charge in [0.1, 0.15) is 0 Å². The summed E-state index contributed by atoms with van der Waals surface area (Å²) in [5.41, 5.74) is 2.33. The summed E-state index contributed by atoms with van der Waals surface area (Å²) in [7, 11) is 0. The van der Waals surface area contributed by atoms with Crippen LogP contribution in [0.5, 0.6) is 11.5 Å². The van der Waals surface area contributed by atoms with Gasteiger partial charge in [0, 0.05) is 28.2 Å². The molecule has 0 aliphatic carbocycles. The maximum absolute atomic E-state index is 12.9. The highest BCUT2D eigenvalue weighted by Gasteiger charge is 2.23. The molecule has 0 saturated heterocycles. The van der Waals surface area contributed by atoms with Crippen LogP contribution in [0, 0.1) is 0 Å². The smallest absolute Gasteiger partial charge is 0.277 e. The van der Waals surface area contributed by atoms with Gasteiger partial charge >= 0.3 is 0 Å². The highest BCUT2D eigenvalue weighted by atomic mass is 32.2. The average Bonchev–Trinajstić information content (AvgIpc) is 3.45. The summed E-state index contributed by atoms with van der Waals surface area (Å²) < 4.78 is 16.4. The number of carbonyl (C=O) groups excluding carboxylic acids is 1. The molecule has 1 N–H and O–H groups in total. The number of ether oxygens (including phenoxy) is 2. The second kappa shape index (κ2) is 6.72. The van der Waals surface area contributed by atoms with Gasteiger partial charge in [-0.05, 0) is 31.2 Å². The number of nitrogens with one attached hydrogen (secondary N) is 1. The summed E-state index contributed by atoms with van der Waals surface area (Å²) in [6.07, 6.45) is 1.75. The molecule has 1 unspecified atom stereocenters. The molecule has 8 heteroatoms. The first-order valence-electron chi connectivity index (χ1n) is 8.69. The molecular formula is C20H15N3O4S. The Bertz CT molecular complexity index is 1180. The van der Waals surface area contributed by atoms with Crippen molar-refractivity contribution < 1.29 is 18.7 Å². The number of hydrogen-bond donors (Lipinski definition) is 1. The Morgan fingerprint density at radius 1 is 1.14 bits per heavy atom. The fraction of sp³-hybridized carbons (Fsp3) is 0.150. The summed E-state index contributed by atoms with van der Waals surface area (Å²) in [5.74, 6) is 1.71. The van der Waals surface area contributed by atoms with Gasteiger partial charge in [0.2, 0.25) is 12.7 Å². The zero-order valence-corrected chi connectivity index (χ0v) is 15.7. The van der Waals surface area contributed by atoms with E-state index < -0.39 is 0 Å². The lowest BCUT2D eigenvalue weighted by molar-refractivity contribution is 0.0995. The van der Waals surface area contributed by atoms with Crippen molar-refractivity contribution in [2.45, 2.75) is 17.4 Å². The molecule has 1 aliphatic heterocycles. The van der Waals surface area contributed by atoms with E-state index in [1.807, 2.05) is 37.3 Å². The molecule has 0 bridgehead atoms. The first-order chi connectivity index (χ1) is 13.7. The monoisotopic (exact) mass is 393 g/mol. The van der Waals surface area contributed by atoms with Gasteiger partial charge in [0.05, 0.1) is 5.25 Å². The number of hydrogen-bond acceptors (Lipinski definition) is 7. The topological polar surface area (TPSA) is 90.2 Å². The Labute approximate surface area is 164 Å². The zero-order valence-electron chi connectivity index (χ0n) is 14.8. The standard InChI is InChI=1S/C20H15N3O4S/c1-11(18(24)14-9-21-15-5-3-2-4-13(14)15)28-20-23-22-19(27-20)12-6-7-16-17(8-12)26-10-25-16/h2-9,11,21H,10H2,1H3. The predicted molar refractivity (Wildman–Crippen MR) is 104 cm³/mol. The molecule has 2 aromatic heterocycles.